The van der Waals surface area contributed by atoms with Gasteiger partial charge in [0.2, 0.25) is 0 Å². The largest absolute Gasteiger partial charge is 0.416 e. The van der Waals surface area contributed by atoms with E-state index in [1.54, 1.807) is 0 Å². The SMILES string of the molecule is CC(NCC1CCCS1(=O)=O)c1ccc(C(F)(F)F)cc1. The van der Waals surface area contributed by atoms with Crippen LogP contribution in [-0.4, -0.2) is 26.0 Å². The van der Waals surface area contributed by atoms with Crippen molar-refractivity contribution in [2.75, 3.05) is 12.3 Å². The van der Waals surface area contributed by atoms with Crippen molar-refractivity contribution < 1.29 is 21.6 Å². The summed E-state index contributed by atoms with van der Waals surface area (Å²) in [4.78, 5) is 0. The molecule has 0 spiro atoms. The molecule has 2 unspecified atom stereocenters. The number of alkyl halides is 3. The lowest BCUT2D eigenvalue weighted by Crippen LogP contribution is -2.32. The van der Waals surface area contributed by atoms with E-state index in [0.29, 0.717) is 24.9 Å². The third kappa shape index (κ3) is 3.97. The summed E-state index contributed by atoms with van der Waals surface area (Å²) in [6, 6.07) is 4.73. The smallest absolute Gasteiger partial charge is 0.309 e. The first-order valence-electron chi connectivity index (χ1n) is 6.82. The molecule has 0 aliphatic carbocycles. The van der Waals surface area contributed by atoms with Crippen molar-refractivity contribution >= 4 is 9.84 Å². The molecule has 3 nitrogen and oxygen atoms in total. The molecule has 1 aliphatic heterocycles. The van der Waals surface area contributed by atoms with Crippen molar-refractivity contribution in [3.8, 4) is 0 Å². The molecular weight excluding hydrogens is 303 g/mol. The van der Waals surface area contributed by atoms with Crippen LogP contribution in [0.2, 0.25) is 0 Å². The second kappa shape index (κ2) is 5.96. The number of nitrogens with one attached hydrogen (secondary N) is 1. The molecule has 1 aliphatic rings. The topological polar surface area (TPSA) is 46.2 Å². The van der Waals surface area contributed by atoms with Crippen LogP contribution < -0.4 is 5.32 Å². The summed E-state index contributed by atoms with van der Waals surface area (Å²) in [5, 5.41) is 2.71. The zero-order valence-corrected chi connectivity index (χ0v) is 12.5. The van der Waals surface area contributed by atoms with E-state index < -0.39 is 21.6 Å². The van der Waals surface area contributed by atoms with Gasteiger partial charge in [0, 0.05) is 12.6 Å². The van der Waals surface area contributed by atoms with Crippen LogP contribution >= 0.6 is 0 Å². The fourth-order valence-corrected chi connectivity index (χ4v) is 4.25. The summed E-state index contributed by atoms with van der Waals surface area (Å²) in [6.07, 6.45) is -3.01. The number of rotatable bonds is 4. The van der Waals surface area contributed by atoms with Gasteiger partial charge in [-0.3, -0.25) is 0 Å². The third-order valence-corrected chi connectivity index (χ3v) is 6.13. The van der Waals surface area contributed by atoms with Gasteiger partial charge < -0.3 is 5.32 Å². The van der Waals surface area contributed by atoms with Gasteiger partial charge in [-0.15, -0.1) is 0 Å². The minimum absolute atomic E-state index is 0.192. The highest BCUT2D eigenvalue weighted by molar-refractivity contribution is 7.92. The molecule has 0 amide bonds. The third-order valence-electron chi connectivity index (χ3n) is 3.85. The van der Waals surface area contributed by atoms with Crippen molar-refractivity contribution in [2.45, 2.75) is 37.2 Å². The molecule has 21 heavy (non-hydrogen) atoms. The number of sulfone groups is 1. The van der Waals surface area contributed by atoms with Gasteiger partial charge >= 0.3 is 6.18 Å². The van der Waals surface area contributed by atoms with E-state index in [4.69, 9.17) is 0 Å². The quantitative estimate of drug-likeness (QED) is 0.927. The van der Waals surface area contributed by atoms with Crippen molar-refractivity contribution in [3.63, 3.8) is 0 Å². The van der Waals surface area contributed by atoms with E-state index in [9.17, 15) is 21.6 Å². The molecule has 0 saturated carbocycles. The van der Waals surface area contributed by atoms with Gasteiger partial charge in [0.05, 0.1) is 16.6 Å². The second-order valence-corrected chi connectivity index (χ2v) is 7.78. The Bertz CT molecular complexity index is 581. The van der Waals surface area contributed by atoms with Crippen LogP contribution in [0.1, 0.15) is 36.9 Å². The van der Waals surface area contributed by atoms with Crippen LogP contribution in [0.4, 0.5) is 13.2 Å². The van der Waals surface area contributed by atoms with Crippen LogP contribution in [0.15, 0.2) is 24.3 Å². The average Bonchev–Trinajstić information content (AvgIpc) is 2.74. The summed E-state index contributed by atoms with van der Waals surface area (Å²) in [7, 11) is -3.00. The maximum Gasteiger partial charge on any atom is 0.416 e. The van der Waals surface area contributed by atoms with E-state index in [0.717, 1.165) is 12.1 Å². The van der Waals surface area contributed by atoms with Gasteiger partial charge in [0.15, 0.2) is 9.84 Å². The van der Waals surface area contributed by atoms with Gasteiger partial charge in [-0.2, -0.15) is 13.2 Å². The van der Waals surface area contributed by atoms with Gasteiger partial charge in [0.25, 0.3) is 0 Å². The molecule has 1 heterocycles. The first-order chi connectivity index (χ1) is 9.70. The molecule has 1 N–H and O–H groups in total. The fraction of sp³-hybridized carbons (Fsp3) is 0.571. The Balaban J connectivity index is 1.96. The van der Waals surface area contributed by atoms with Crippen molar-refractivity contribution in [1.29, 1.82) is 0 Å². The Morgan fingerprint density at radius 3 is 2.38 bits per heavy atom. The zero-order valence-electron chi connectivity index (χ0n) is 11.7. The normalized spacial score (nSPS) is 23.1. The predicted octanol–water partition coefficient (Wildman–Crippen LogP) is 2.93. The van der Waals surface area contributed by atoms with Crippen LogP contribution in [0.5, 0.6) is 0 Å². The number of hydrogen-bond acceptors (Lipinski definition) is 3. The van der Waals surface area contributed by atoms with E-state index >= 15 is 0 Å². The van der Waals surface area contributed by atoms with Crippen LogP contribution in [0, 0.1) is 0 Å². The summed E-state index contributed by atoms with van der Waals surface area (Å²) in [5.74, 6) is 0.230. The van der Waals surface area contributed by atoms with Gasteiger partial charge in [0.1, 0.15) is 0 Å². The second-order valence-electron chi connectivity index (χ2n) is 5.38. The highest BCUT2D eigenvalue weighted by atomic mass is 32.2. The van der Waals surface area contributed by atoms with Crippen molar-refractivity contribution in [2.24, 2.45) is 0 Å². The average molecular weight is 321 g/mol. The zero-order chi connectivity index (χ0) is 15.7. The first-order valence-corrected chi connectivity index (χ1v) is 8.54. The highest BCUT2D eigenvalue weighted by Crippen LogP contribution is 2.30. The van der Waals surface area contributed by atoms with Crippen LogP contribution in [-0.2, 0) is 16.0 Å². The minimum atomic E-state index is -4.34. The molecule has 1 fully saturated rings. The van der Waals surface area contributed by atoms with Gasteiger partial charge in [-0.05, 0) is 37.5 Å². The van der Waals surface area contributed by atoms with E-state index in [-0.39, 0.29) is 17.0 Å². The molecule has 118 valence electrons. The Kier molecular flexibility index (Phi) is 4.63. The predicted molar refractivity (Wildman–Crippen MR) is 74.7 cm³/mol. The van der Waals surface area contributed by atoms with E-state index in [1.807, 2.05) is 6.92 Å². The summed E-state index contributed by atoms with van der Waals surface area (Å²) in [5.41, 5.74) is 0.0233. The number of hydrogen-bond donors (Lipinski definition) is 1. The number of halogens is 3. The Morgan fingerprint density at radius 2 is 1.90 bits per heavy atom. The van der Waals surface area contributed by atoms with Crippen molar-refractivity contribution in [1.82, 2.24) is 5.32 Å². The molecule has 2 rings (SSSR count). The van der Waals surface area contributed by atoms with Crippen molar-refractivity contribution in [3.05, 3.63) is 35.4 Å². The van der Waals surface area contributed by atoms with Crippen LogP contribution in [0.25, 0.3) is 0 Å². The molecule has 1 aromatic carbocycles. The first kappa shape index (κ1) is 16.3. The van der Waals surface area contributed by atoms with Gasteiger partial charge in [-0.25, -0.2) is 8.42 Å². The maximum absolute atomic E-state index is 12.5. The summed E-state index contributed by atoms with van der Waals surface area (Å²) in [6.45, 7) is 2.15. The van der Waals surface area contributed by atoms with Crippen LogP contribution in [0.3, 0.4) is 0 Å². The molecule has 0 bridgehead atoms. The summed E-state index contributed by atoms with van der Waals surface area (Å²) < 4.78 is 60.8. The lowest BCUT2D eigenvalue weighted by molar-refractivity contribution is -0.137. The minimum Gasteiger partial charge on any atom is -0.309 e. The summed E-state index contributed by atoms with van der Waals surface area (Å²) >= 11 is 0. The van der Waals surface area contributed by atoms with Gasteiger partial charge in [-0.1, -0.05) is 12.1 Å². The standard InChI is InChI=1S/C14H18F3NO2S/c1-10(18-9-13-3-2-8-21(13,19)20)11-4-6-12(7-5-11)14(15,16)17/h4-7,10,13,18H,2-3,8-9H2,1H3. The Morgan fingerprint density at radius 1 is 1.29 bits per heavy atom. The molecule has 2 atom stereocenters. The molecule has 0 aromatic heterocycles. The van der Waals surface area contributed by atoms with E-state index in [1.165, 1.54) is 12.1 Å². The van der Waals surface area contributed by atoms with E-state index in [2.05, 4.69) is 5.32 Å². The fourth-order valence-electron chi connectivity index (χ4n) is 2.47. The Hall–Kier alpha value is -1.08. The lowest BCUT2D eigenvalue weighted by atomic mass is 10.1. The molecule has 0 radical (unpaired) electrons. The molecule has 1 saturated heterocycles. The molecular formula is C14H18F3NO2S. The monoisotopic (exact) mass is 321 g/mol. The molecule has 1 aromatic rings. The highest BCUT2D eigenvalue weighted by Gasteiger charge is 2.32. The lowest BCUT2D eigenvalue weighted by Gasteiger charge is -2.18. The Labute approximate surface area is 122 Å². The molecule has 7 heteroatoms. The maximum atomic E-state index is 12.5. The number of benzene rings is 1.